The summed E-state index contributed by atoms with van der Waals surface area (Å²) in [4.78, 5) is 0. The fourth-order valence-electron chi connectivity index (χ4n) is 5.36. The molecule has 36 heavy (non-hydrogen) atoms. The predicted molar refractivity (Wildman–Crippen MR) is 159 cm³/mol. The van der Waals surface area contributed by atoms with Crippen LogP contribution in [0.1, 0.15) is 23.1 Å². The number of benzene rings is 4. The van der Waals surface area contributed by atoms with Crippen LogP contribution in [0.2, 0.25) is 0 Å². The van der Waals surface area contributed by atoms with Gasteiger partial charge in [0.25, 0.3) is 0 Å². The molecule has 0 fully saturated rings. The van der Waals surface area contributed by atoms with Gasteiger partial charge < -0.3 is 20.0 Å². The first-order chi connectivity index (χ1) is 15.9. The minimum atomic E-state index is 0. The first-order valence-corrected chi connectivity index (χ1v) is 15.2. The average molecular weight is 610 g/mol. The van der Waals surface area contributed by atoms with Gasteiger partial charge in [0.05, 0.1) is 0 Å². The molecule has 0 aliphatic heterocycles. The van der Waals surface area contributed by atoms with Crippen LogP contribution in [0.5, 0.6) is 0 Å². The van der Waals surface area contributed by atoms with Gasteiger partial charge in [-0.3, -0.25) is 0 Å². The molecule has 0 heterocycles. The third-order valence-electron chi connectivity index (χ3n) is 6.64. The normalized spacial score (nSPS) is 10.4. The van der Waals surface area contributed by atoms with Gasteiger partial charge in [-0.05, 0) is 36.0 Å². The molecule has 1 N–H and O–H groups in total. The third kappa shape index (κ3) is 5.47. The van der Waals surface area contributed by atoms with Crippen LogP contribution >= 0.6 is 24.8 Å². The number of fused-ring (bicyclic) bond motifs is 6. The van der Waals surface area contributed by atoms with Crippen molar-refractivity contribution in [3.05, 3.63) is 116 Å². The van der Waals surface area contributed by atoms with Crippen molar-refractivity contribution in [1.82, 2.24) is 0 Å². The van der Waals surface area contributed by atoms with Crippen molar-refractivity contribution in [2.75, 3.05) is 6.61 Å². The predicted octanol–water partition coefficient (Wildman–Crippen LogP) is 8.24. The van der Waals surface area contributed by atoms with Gasteiger partial charge in [0.15, 0.2) is 0 Å². The van der Waals surface area contributed by atoms with Gasteiger partial charge in [0.1, 0.15) is 0 Å². The summed E-state index contributed by atoms with van der Waals surface area (Å²) in [5, 5.41) is 14.9. The summed E-state index contributed by atoms with van der Waals surface area (Å²) in [6.07, 6.45) is 2.67. The van der Waals surface area contributed by atoms with Gasteiger partial charge in [0, 0.05) is 6.61 Å². The second-order valence-corrected chi connectivity index (χ2v) is 8.25. The SMILES string of the molecule is Cl.Cl.OCCCc1c(-[c-]2c3ccccc3c3ccccc32)ccc2c1Cc1ccccc1-2.[CH3-].[CH3-].[Si]=[Zr]. The maximum absolute atomic E-state index is 9.61. The summed E-state index contributed by atoms with van der Waals surface area (Å²) < 4.78 is 0. The molecule has 0 saturated heterocycles. The Kier molecular flexibility index (Phi) is 12.9. The summed E-state index contributed by atoms with van der Waals surface area (Å²) in [5.41, 5.74) is 9.65. The molecular weight excluding hydrogens is 579 g/mol. The molecule has 186 valence electrons. The van der Waals surface area contributed by atoms with E-state index in [0.29, 0.717) is 0 Å². The van der Waals surface area contributed by atoms with Gasteiger partial charge in [0.2, 0.25) is 0 Å². The van der Waals surface area contributed by atoms with Crippen molar-refractivity contribution >= 4 is 53.2 Å². The van der Waals surface area contributed by atoms with E-state index in [1.54, 1.807) is 0 Å². The number of aliphatic hydroxyl groups is 1. The van der Waals surface area contributed by atoms with Crippen molar-refractivity contribution < 1.29 is 28.4 Å². The summed E-state index contributed by atoms with van der Waals surface area (Å²) in [6.45, 7) is 3.28. The molecule has 1 aliphatic carbocycles. The Morgan fingerprint density at radius 3 is 1.89 bits per heavy atom. The zero-order valence-corrected chi connectivity index (χ0v) is 25.8. The van der Waals surface area contributed by atoms with Crippen molar-refractivity contribution in [1.29, 1.82) is 0 Å². The summed E-state index contributed by atoms with van der Waals surface area (Å²) in [6, 6.07) is 30.9. The summed E-state index contributed by atoms with van der Waals surface area (Å²) >= 11 is 1.36. The molecule has 0 spiro atoms. The molecule has 2 radical (unpaired) electrons. The molecule has 0 unspecified atom stereocenters. The van der Waals surface area contributed by atoms with Crippen molar-refractivity contribution in [2.24, 2.45) is 0 Å². The van der Waals surface area contributed by atoms with E-state index in [-0.39, 0.29) is 46.3 Å². The fourth-order valence-corrected chi connectivity index (χ4v) is 5.36. The van der Waals surface area contributed by atoms with E-state index in [2.05, 4.69) is 91.8 Å². The third-order valence-corrected chi connectivity index (χ3v) is 6.64. The molecule has 1 aliphatic rings. The van der Waals surface area contributed by atoms with E-state index in [1.807, 2.05) is 0 Å². The van der Waals surface area contributed by atoms with Crippen LogP contribution in [-0.2, 0) is 36.2 Å². The molecule has 0 bridgehead atoms. The van der Waals surface area contributed by atoms with Gasteiger partial charge >= 0.3 is 30.2 Å². The van der Waals surface area contributed by atoms with Gasteiger partial charge in [-0.2, -0.15) is 0 Å². The zero-order chi connectivity index (χ0) is 22.1. The average Bonchev–Trinajstić information content (AvgIpc) is 3.40. The van der Waals surface area contributed by atoms with Crippen molar-refractivity contribution in [2.45, 2.75) is 19.3 Å². The van der Waals surface area contributed by atoms with Gasteiger partial charge in [-0.1, -0.05) is 129 Å². The number of hydrogen-bond donors (Lipinski definition) is 1. The second kappa shape index (κ2) is 14.4. The van der Waals surface area contributed by atoms with Gasteiger partial charge in [-0.15, -0.1) is 24.8 Å². The zero-order valence-electron chi connectivity index (χ0n) is 20.7. The Morgan fingerprint density at radius 1 is 0.722 bits per heavy atom. The first-order valence-electron chi connectivity index (χ1n) is 11.0. The van der Waals surface area contributed by atoms with Crippen molar-refractivity contribution in [3.8, 4) is 22.3 Å². The molecule has 0 amide bonds. The Bertz CT molecular complexity index is 1390. The van der Waals surface area contributed by atoms with Crippen LogP contribution in [-0.4, -0.2) is 18.6 Å². The van der Waals surface area contributed by atoms with Crippen molar-refractivity contribution in [3.63, 3.8) is 0 Å². The molecule has 5 aromatic carbocycles. The Balaban J connectivity index is 0.00000106. The summed E-state index contributed by atoms with van der Waals surface area (Å²) in [7, 11) is 0. The van der Waals surface area contributed by atoms with Crippen LogP contribution in [0, 0.1) is 14.9 Å². The standard InChI is InChI=1S/C29H23O.2CH3.2ClH.Si.Zr/c30-17-7-14-23-27(16-15-24-20-9-2-1-8-19(20)18-28(23)24)29-25-12-5-3-10-21(25)22-11-4-6-13-26(22)29;;;;;;/h1-6,8-13,15-16,30H,7,14,17-18H2;2*1H3;2*1H;;/q3*-1;;;;. The Labute approximate surface area is 244 Å². The van der Waals surface area contributed by atoms with Crippen LogP contribution < -0.4 is 0 Å². The maximum atomic E-state index is 9.61. The topological polar surface area (TPSA) is 20.2 Å². The minimum absolute atomic E-state index is 0. The first kappa shape index (κ1) is 32.4. The van der Waals surface area contributed by atoms with E-state index in [0.717, 1.165) is 19.3 Å². The number of aliphatic hydroxyl groups excluding tert-OH is 1. The van der Waals surface area contributed by atoms with E-state index in [1.165, 1.54) is 83.8 Å². The fraction of sp³-hybridized carbons (Fsp3) is 0.129. The van der Waals surface area contributed by atoms with E-state index >= 15 is 0 Å². The monoisotopic (exact) mass is 607 g/mol. The number of halogens is 2. The molecule has 5 heteroatoms. The Morgan fingerprint density at radius 2 is 1.28 bits per heavy atom. The molecule has 6 rings (SSSR count). The Hall–Kier alpha value is -1.61. The summed E-state index contributed by atoms with van der Waals surface area (Å²) in [5.74, 6) is 0. The molecule has 0 saturated carbocycles. The van der Waals surface area contributed by atoms with Crippen LogP contribution in [0.4, 0.5) is 0 Å². The van der Waals surface area contributed by atoms with Gasteiger partial charge in [-0.25, -0.2) is 0 Å². The van der Waals surface area contributed by atoms with E-state index in [4.69, 9.17) is 0 Å². The van der Waals surface area contributed by atoms with Crippen LogP contribution in [0.3, 0.4) is 0 Å². The molecular formula is C31H31Cl2OSiZr-3. The van der Waals surface area contributed by atoms with Crippen LogP contribution in [0.25, 0.3) is 43.8 Å². The molecule has 1 nitrogen and oxygen atoms in total. The van der Waals surface area contributed by atoms with E-state index < -0.39 is 0 Å². The van der Waals surface area contributed by atoms with Crippen LogP contribution in [0.15, 0.2) is 84.9 Å². The molecule has 0 aromatic heterocycles. The molecule has 5 aromatic rings. The quantitative estimate of drug-likeness (QED) is 0.158. The molecule has 0 atom stereocenters. The number of hydrogen-bond acceptors (Lipinski definition) is 1. The number of rotatable bonds is 4. The second-order valence-electron chi connectivity index (χ2n) is 8.25. The van der Waals surface area contributed by atoms with E-state index in [9.17, 15) is 5.11 Å².